The summed E-state index contributed by atoms with van der Waals surface area (Å²) in [7, 11) is 1.81. The fraction of sp³-hybridized carbons (Fsp3) is 0.462. The summed E-state index contributed by atoms with van der Waals surface area (Å²) in [4.78, 5) is 14.0. The lowest BCUT2D eigenvalue weighted by molar-refractivity contribution is 0.0725. The van der Waals surface area contributed by atoms with Crippen LogP contribution in [-0.4, -0.2) is 23.9 Å². The number of halogens is 1. The number of hydrogen-bond donors (Lipinski definition) is 1. The number of carbonyl (C=O) groups is 1. The average Bonchev–Trinajstić information content (AvgIpc) is 2.33. The Hall–Kier alpha value is -1.22. The van der Waals surface area contributed by atoms with E-state index in [0.717, 1.165) is 12.8 Å². The van der Waals surface area contributed by atoms with Crippen LogP contribution < -0.4 is 5.73 Å². The minimum absolute atomic E-state index is 0.0706. The highest BCUT2D eigenvalue weighted by Crippen LogP contribution is 2.24. The van der Waals surface area contributed by atoms with E-state index in [9.17, 15) is 4.79 Å². The van der Waals surface area contributed by atoms with Crippen molar-refractivity contribution in [1.82, 2.24) is 4.90 Å². The van der Waals surface area contributed by atoms with Gasteiger partial charge in [0.25, 0.3) is 5.91 Å². The van der Waals surface area contributed by atoms with Crippen molar-refractivity contribution < 1.29 is 4.79 Å². The molecule has 0 saturated heterocycles. The van der Waals surface area contributed by atoms with Gasteiger partial charge in [-0.1, -0.05) is 31.5 Å². The SMILES string of the molecule is CCC(CC)N(C)C(=O)c1cccc(Cl)c1N. The highest BCUT2D eigenvalue weighted by atomic mass is 35.5. The summed E-state index contributed by atoms with van der Waals surface area (Å²) in [6.07, 6.45) is 1.86. The van der Waals surface area contributed by atoms with Gasteiger partial charge in [-0.15, -0.1) is 0 Å². The summed E-state index contributed by atoms with van der Waals surface area (Å²) < 4.78 is 0. The first-order valence-electron chi connectivity index (χ1n) is 5.84. The Balaban J connectivity index is 3.00. The van der Waals surface area contributed by atoms with Crippen LogP contribution in [-0.2, 0) is 0 Å². The third-order valence-electron chi connectivity index (χ3n) is 3.09. The molecule has 2 N–H and O–H groups in total. The van der Waals surface area contributed by atoms with Crippen molar-refractivity contribution in [3.8, 4) is 0 Å². The van der Waals surface area contributed by atoms with E-state index in [1.165, 1.54) is 0 Å². The van der Waals surface area contributed by atoms with Crippen LogP contribution in [0.15, 0.2) is 18.2 Å². The fourth-order valence-corrected chi connectivity index (χ4v) is 2.09. The van der Waals surface area contributed by atoms with Crippen LogP contribution in [0.25, 0.3) is 0 Å². The summed E-state index contributed by atoms with van der Waals surface area (Å²) in [6, 6.07) is 5.38. The molecule has 4 heteroatoms. The van der Waals surface area contributed by atoms with Crippen molar-refractivity contribution in [2.24, 2.45) is 0 Å². The molecule has 17 heavy (non-hydrogen) atoms. The van der Waals surface area contributed by atoms with Gasteiger partial charge in [-0.2, -0.15) is 0 Å². The van der Waals surface area contributed by atoms with Crippen LogP contribution >= 0.6 is 11.6 Å². The molecule has 1 aromatic carbocycles. The molecule has 0 aliphatic rings. The van der Waals surface area contributed by atoms with E-state index in [1.54, 1.807) is 30.1 Å². The van der Waals surface area contributed by atoms with Crippen molar-refractivity contribution >= 4 is 23.2 Å². The van der Waals surface area contributed by atoms with E-state index in [2.05, 4.69) is 13.8 Å². The smallest absolute Gasteiger partial charge is 0.255 e. The number of para-hydroxylation sites is 1. The van der Waals surface area contributed by atoms with Gasteiger partial charge in [-0.05, 0) is 25.0 Å². The van der Waals surface area contributed by atoms with Gasteiger partial charge in [0.15, 0.2) is 0 Å². The predicted molar refractivity (Wildman–Crippen MR) is 72.3 cm³/mol. The molecule has 0 bridgehead atoms. The van der Waals surface area contributed by atoms with Crippen molar-refractivity contribution in [2.45, 2.75) is 32.7 Å². The first kappa shape index (κ1) is 13.8. The van der Waals surface area contributed by atoms with Crippen molar-refractivity contribution in [1.29, 1.82) is 0 Å². The summed E-state index contributed by atoms with van der Waals surface area (Å²) >= 11 is 5.91. The number of carbonyl (C=O) groups excluding carboxylic acids is 1. The minimum atomic E-state index is -0.0706. The Bertz CT molecular complexity index is 402. The van der Waals surface area contributed by atoms with Crippen LogP contribution in [0.2, 0.25) is 5.02 Å². The third-order valence-corrected chi connectivity index (χ3v) is 3.42. The maximum atomic E-state index is 12.3. The lowest BCUT2D eigenvalue weighted by Gasteiger charge is -2.26. The number of benzene rings is 1. The Kier molecular flexibility index (Phi) is 4.82. The van der Waals surface area contributed by atoms with Gasteiger partial charge in [0.1, 0.15) is 0 Å². The predicted octanol–water partition coefficient (Wildman–Crippen LogP) is 3.18. The second-order valence-electron chi connectivity index (χ2n) is 4.09. The molecule has 0 atom stereocenters. The normalized spacial score (nSPS) is 10.6. The number of rotatable bonds is 4. The summed E-state index contributed by atoms with van der Waals surface area (Å²) in [5, 5.41) is 0.425. The Morgan fingerprint density at radius 2 is 2.00 bits per heavy atom. The van der Waals surface area contributed by atoms with Gasteiger partial charge in [0.2, 0.25) is 0 Å². The maximum Gasteiger partial charge on any atom is 0.255 e. The first-order chi connectivity index (χ1) is 8.02. The molecule has 1 rings (SSSR count). The van der Waals surface area contributed by atoms with Crippen LogP contribution in [0.4, 0.5) is 5.69 Å². The Morgan fingerprint density at radius 3 is 2.53 bits per heavy atom. The monoisotopic (exact) mass is 254 g/mol. The number of nitrogen functional groups attached to an aromatic ring is 1. The third kappa shape index (κ3) is 2.91. The molecule has 0 aliphatic heterocycles. The number of nitrogens with two attached hydrogens (primary N) is 1. The number of amides is 1. The van der Waals surface area contributed by atoms with E-state index < -0.39 is 0 Å². The molecular formula is C13H19ClN2O. The maximum absolute atomic E-state index is 12.3. The molecule has 0 aromatic heterocycles. The quantitative estimate of drug-likeness (QED) is 0.839. The van der Waals surface area contributed by atoms with Crippen LogP contribution in [0.3, 0.4) is 0 Å². The fourth-order valence-electron chi connectivity index (χ4n) is 1.92. The first-order valence-corrected chi connectivity index (χ1v) is 6.21. The molecule has 0 saturated carbocycles. The largest absolute Gasteiger partial charge is 0.397 e. The van der Waals surface area contributed by atoms with Gasteiger partial charge < -0.3 is 10.6 Å². The van der Waals surface area contributed by atoms with Crippen LogP contribution in [0.1, 0.15) is 37.0 Å². The molecule has 0 radical (unpaired) electrons. The summed E-state index contributed by atoms with van der Waals surface area (Å²) in [5.74, 6) is -0.0706. The average molecular weight is 255 g/mol. The number of anilines is 1. The van der Waals surface area contributed by atoms with Crippen molar-refractivity contribution in [3.05, 3.63) is 28.8 Å². The van der Waals surface area contributed by atoms with E-state index in [0.29, 0.717) is 16.3 Å². The highest BCUT2D eigenvalue weighted by Gasteiger charge is 2.20. The second kappa shape index (κ2) is 5.92. The van der Waals surface area contributed by atoms with E-state index in [1.807, 2.05) is 0 Å². The number of nitrogens with zero attached hydrogens (tertiary/aromatic N) is 1. The zero-order chi connectivity index (χ0) is 13.0. The molecule has 0 spiro atoms. The molecule has 0 heterocycles. The molecule has 3 nitrogen and oxygen atoms in total. The zero-order valence-electron chi connectivity index (χ0n) is 10.5. The lowest BCUT2D eigenvalue weighted by Crippen LogP contribution is -2.36. The summed E-state index contributed by atoms with van der Waals surface area (Å²) in [5.41, 5.74) is 6.66. The molecule has 0 unspecified atom stereocenters. The molecule has 0 aliphatic carbocycles. The topological polar surface area (TPSA) is 46.3 Å². The molecule has 94 valence electrons. The number of hydrogen-bond acceptors (Lipinski definition) is 2. The molecule has 1 aromatic rings. The van der Waals surface area contributed by atoms with Crippen LogP contribution in [0, 0.1) is 0 Å². The van der Waals surface area contributed by atoms with Gasteiger partial charge in [-0.25, -0.2) is 0 Å². The Labute approximate surface area is 108 Å². The van der Waals surface area contributed by atoms with Crippen molar-refractivity contribution in [3.63, 3.8) is 0 Å². The van der Waals surface area contributed by atoms with E-state index in [-0.39, 0.29) is 11.9 Å². The molecule has 0 fully saturated rings. The molecular weight excluding hydrogens is 236 g/mol. The summed E-state index contributed by atoms with van der Waals surface area (Å²) in [6.45, 7) is 4.14. The lowest BCUT2D eigenvalue weighted by atomic mass is 10.1. The van der Waals surface area contributed by atoms with Gasteiger partial charge >= 0.3 is 0 Å². The van der Waals surface area contributed by atoms with Gasteiger partial charge in [-0.3, -0.25) is 4.79 Å². The second-order valence-corrected chi connectivity index (χ2v) is 4.49. The van der Waals surface area contributed by atoms with E-state index in [4.69, 9.17) is 17.3 Å². The minimum Gasteiger partial charge on any atom is -0.397 e. The van der Waals surface area contributed by atoms with Gasteiger partial charge in [0.05, 0.1) is 16.3 Å². The van der Waals surface area contributed by atoms with Gasteiger partial charge in [0, 0.05) is 13.1 Å². The highest BCUT2D eigenvalue weighted by molar-refractivity contribution is 6.33. The van der Waals surface area contributed by atoms with E-state index >= 15 is 0 Å². The Morgan fingerprint density at radius 1 is 1.41 bits per heavy atom. The standard InChI is InChI=1S/C13H19ClN2O/c1-4-9(5-2)16(3)13(17)10-7-6-8-11(14)12(10)15/h6-9H,4-5,15H2,1-3H3. The van der Waals surface area contributed by atoms with Crippen molar-refractivity contribution in [2.75, 3.05) is 12.8 Å². The molecule has 1 amide bonds. The van der Waals surface area contributed by atoms with Crippen LogP contribution in [0.5, 0.6) is 0 Å². The zero-order valence-corrected chi connectivity index (χ0v) is 11.3.